The Hall–Kier alpha value is 0.0800. The largest absolute Gasteiger partial charge is 1.00 e. The summed E-state index contributed by atoms with van der Waals surface area (Å²) in [5, 5.41) is 0. The number of quaternary nitrogens is 1. The van der Waals surface area contributed by atoms with E-state index in [1.807, 2.05) is 11.8 Å². The van der Waals surface area contributed by atoms with Crippen molar-refractivity contribution in [2.75, 3.05) is 5.75 Å². The van der Waals surface area contributed by atoms with E-state index in [4.69, 9.17) is 0 Å². The van der Waals surface area contributed by atoms with Gasteiger partial charge in [-0.05, 0) is 24.5 Å². The standard InChI is InChI=1S/C7H9NS.ClH/c8-6-2-1-5-3-4-9-7(5)6;/h2H,1,3-4,8H2;1H. The second-order valence-corrected chi connectivity index (χ2v) is 3.57. The first kappa shape index (κ1) is 8.18. The topological polar surface area (TPSA) is 27.6 Å². The van der Waals surface area contributed by atoms with Gasteiger partial charge in [-0.15, -0.1) is 11.8 Å². The van der Waals surface area contributed by atoms with E-state index in [1.165, 1.54) is 29.2 Å². The SMILES string of the molecule is [Cl-].[NH3+]C1=CCC2=C1SCC2. The predicted octanol–water partition coefficient (Wildman–Crippen LogP) is -2.09. The van der Waals surface area contributed by atoms with Gasteiger partial charge in [-0.3, -0.25) is 0 Å². The molecule has 0 unspecified atom stereocenters. The molecule has 0 aromatic rings. The molecule has 2 rings (SSSR count). The zero-order valence-electron chi connectivity index (χ0n) is 5.69. The van der Waals surface area contributed by atoms with Gasteiger partial charge in [-0.1, -0.05) is 0 Å². The van der Waals surface area contributed by atoms with Crippen LogP contribution in [-0.4, -0.2) is 5.75 Å². The van der Waals surface area contributed by atoms with Crippen molar-refractivity contribution < 1.29 is 18.1 Å². The molecule has 1 aliphatic carbocycles. The van der Waals surface area contributed by atoms with Crippen LogP contribution in [0.1, 0.15) is 12.8 Å². The van der Waals surface area contributed by atoms with Crippen LogP contribution in [0.3, 0.4) is 0 Å². The molecular formula is C7H10ClNS. The van der Waals surface area contributed by atoms with Crippen LogP contribution in [-0.2, 0) is 0 Å². The Morgan fingerprint density at radius 2 is 2.30 bits per heavy atom. The monoisotopic (exact) mass is 175 g/mol. The van der Waals surface area contributed by atoms with Crippen LogP contribution in [0, 0.1) is 0 Å². The molecule has 10 heavy (non-hydrogen) atoms. The van der Waals surface area contributed by atoms with Crippen molar-refractivity contribution in [2.45, 2.75) is 12.8 Å². The smallest absolute Gasteiger partial charge is 0.137 e. The van der Waals surface area contributed by atoms with Gasteiger partial charge in [0.15, 0.2) is 0 Å². The normalized spacial score (nSPS) is 22.3. The third-order valence-electron chi connectivity index (χ3n) is 1.86. The maximum Gasteiger partial charge on any atom is 0.137 e. The number of thioether (sulfide) groups is 1. The van der Waals surface area contributed by atoms with Crippen LogP contribution in [0.4, 0.5) is 0 Å². The molecule has 3 N–H and O–H groups in total. The van der Waals surface area contributed by atoms with Gasteiger partial charge >= 0.3 is 0 Å². The molecule has 0 spiro atoms. The molecule has 0 saturated carbocycles. The van der Waals surface area contributed by atoms with Gasteiger partial charge in [0.05, 0.1) is 4.91 Å². The zero-order valence-corrected chi connectivity index (χ0v) is 7.26. The molecule has 0 atom stereocenters. The van der Waals surface area contributed by atoms with Crippen LogP contribution in [0.2, 0.25) is 0 Å². The van der Waals surface area contributed by atoms with E-state index in [0.717, 1.165) is 0 Å². The van der Waals surface area contributed by atoms with Crippen LogP contribution in [0.15, 0.2) is 22.3 Å². The summed E-state index contributed by atoms with van der Waals surface area (Å²) < 4.78 is 0. The molecule has 0 fully saturated rings. The van der Waals surface area contributed by atoms with E-state index in [1.54, 1.807) is 5.57 Å². The van der Waals surface area contributed by atoms with Crippen molar-refractivity contribution in [1.82, 2.24) is 0 Å². The fourth-order valence-electron chi connectivity index (χ4n) is 1.35. The summed E-state index contributed by atoms with van der Waals surface area (Å²) in [7, 11) is 0. The van der Waals surface area contributed by atoms with Gasteiger partial charge < -0.3 is 18.1 Å². The van der Waals surface area contributed by atoms with E-state index < -0.39 is 0 Å². The maximum absolute atomic E-state index is 3.96. The van der Waals surface area contributed by atoms with E-state index in [2.05, 4.69) is 11.8 Å². The number of hydrogen-bond donors (Lipinski definition) is 1. The first-order chi connectivity index (χ1) is 4.38. The Labute approximate surface area is 71.2 Å². The molecule has 0 radical (unpaired) electrons. The molecule has 56 valence electrons. The minimum Gasteiger partial charge on any atom is -1.00 e. The van der Waals surface area contributed by atoms with Crippen molar-refractivity contribution >= 4 is 11.8 Å². The van der Waals surface area contributed by atoms with Crippen molar-refractivity contribution in [3.63, 3.8) is 0 Å². The fourth-order valence-corrected chi connectivity index (χ4v) is 2.56. The second kappa shape index (κ2) is 2.99. The summed E-state index contributed by atoms with van der Waals surface area (Å²) in [4.78, 5) is 1.50. The minimum atomic E-state index is 0. The molecule has 3 heteroatoms. The Balaban J connectivity index is 0.000000500. The van der Waals surface area contributed by atoms with Crippen molar-refractivity contribution in [3.05, 3.63) is 22.3 Å². The molecule has 0 bridgehead atoms. The Bertz CT molecular complexity index is 208. The Morgan fingerprint density at radius 3 is 3.00 bits per heavy atom. The second-order valence-electron chi connectivity index (χ2n) is 2.46. The molecule has 0 aromatic heterocycles. The average Bonchev–Trinajstić information content (AvgIpc) is 2.35. The molecule has 0 saturated heterocycles. The highest BCUT2D eigenvalue weighted by Gasteiger charge is 2.22. The number of allylic oxidation sites excluding steroid dienone is 2. The van der Waals surface area contributed by atoms with Gasteiger partial charge in [0.2, 0.25) is 0 Å². The molecule has 0 aromatic carbocycles. The highest BCUT2D eigenvalue weighted by atomic mass is 35.5. The van der Waals surface area contributed by atoms with Gasteiger partial charge in [0, 0.05) is 5.75 Å². The molecule has 1 nitrogen and oxygen atoms in total. The van der Waals surface area contributed by atoms with E-state index >= 15 is 0 Å². The lowest BCUT2D eigenvalue weighted by Crippen LogP contribution is -3.00. The summed E-state index contributed by atoms with van der Waals surface area (Å²) in [6, 6.07) is 0. The summed E-state index contributed by atoms with van der Waals surface area (Å²) in [5.74, 6) is 1.29. The van der Waals surface area contributed by atoms with E-state index in [0.29, 0.717) is 0 Å². The van der Waals surface area contributed by atoms with Gasteiger partial charge in [0.1, 0.15) is 5.70 Å². The average molecular weight is 176 g/mol. The summed E-state index contributed by atoms with van der Waals surface area (Å²) >= 11 is 1.97. The number of halogens is 1. The quantitative estimate of drug-likeness (QED) is 0.450. The zero-order chi connectivity index (χ0) is 6.27. The number of rotatable bonds is 0. The van der Waals surface area contributed by atoms with Crippen molar-refractivity contribution in [1.29, 1.82) is 0 Å². The summed E-state index contributed by atoms with van der Waals surface area (Å²) in [6.45, 7) is 0. The fraction of sp³-hybridized carbons (Fsp3) is 0.429. The lowest BCUT2D eigenvalue weighted by molar-refractivity contribution is -0.295. The molecule has 1 aliphatic heterocycles. The lowest BCUT2D eigenvalue weighted by Gasteiger charge is -1.89. The Morgan fingerprint density at radius 1 is 1.50 bits per heavy atom. The molecule has 1 heterocycles. The summed E-state index contributed by atoms with van der Waals surface area (Å²) in [5.41, 5.74) is 6.86. The van der Waals surface area contributed by atoms with Crippen LogP contribution in [0.25, 0.3) is 0 Å². The lowest BCUT2D eigenvalue weighted by atomic mass is 10.2. The highest BCUT2D eigenvalue weighted by Crippen LogP contribution is 2.39. The molecule has 0 amide bonds. The maximum atomic E-state index is 3.96. The first-order valence-electron chi connectivity index (χ1n) is 3.25. The van der Waals surface area contributed by atoms with Crippen LogP contribution < -0.4 is 18.1 Å². The Kier molecular flexibility index (Phi) is 2.45. The molecule has 2 aliphatic rings. The van der Waals surface area contributed by atoms with Crippen molar-refractivity contribution in [3.8, 4) is 0 Å². The van der Waals surface area contributed by atoms with Gasteiger partial charge in [-0.2, -0.15) is 0 Å². The molecular weight excluding hydrogens is 166 g/mol. The van der Waals surface area contributed by atoms with Gasteiger partial charge in [0.25, 0.3) is 0 Å². The number of hydrogen-bond acceptors (Lipinski definition) is 1. The highest BCUT2D eigenvalue weighted by molar-refractivity contribution is 8.03. The van der Waals surface area contributed by atoms with Crippen LogP contribution in [0.5, 0.6) is 0 Å². The van der Waals surface area contributed by atoms with Crippen LogP contribution >= 0.6 is 11.8 Å². The predicted molar refractivity (Wildman–Crippen MR) is 39.7 cm³/mol. The van der Waals surface area contributed by atoms with Gasteiger partial charge in [-0.25, -0.2) is 0 Å². The summed E-state index contributed by atoms with van der Waals surface area (Å²) in [6.07, 6.45) is 4.72. The third kappa shape index (κ3) is 1.11. The minimum absolute atomic E-state index is 0. The van der Waals surface area contributed by atoms with E-state index in [-0.39, 0.29) is 12.4 Å². The third-order valence-corrected chi connectivity index (χ3v) is 3.11. The first-order valence-corrected chi connectivity index (χ1v) is 4.24. The van der Waals surface area contributed by atoms with Crippen molar-refractivity contribution in [2.24, 2.45) is 0 Å². The van der Waals surface area contributed by atoms with E-state index in [9.17, 15) is 0 Å².